The molecule has 0 saturated heterocycles. The van der Waals surface area contributed by atoms with E-state index in [0.29, 0.717) is 52.2 Å². The standard InChI is InChI=1S/C28H33ClFN3O2/c1-6-22-24(29)15-26(31)23(7-2)27(22)32-28(34)33(20-11-8-18(9-12-20)17(3)4)16-19-10-13-21(35-5)14-25(19)30/h8-15,17H,6-7,16,31H2,1-5H3,(H,32,34). The Bertz CT molecular complexity index is 1170. The van der Waals surface area contributed by atoms with Gasteiger partial charge in [-0.15, -0.1) is 0 Å². The summed E-state index contributed by atoms with van der Waals surface area (Å²) in [7, 11) is 1.48. The van der Waals surface area contributed by atoms with Crippen LogP contribution in [0.5, 0.6) is 5.75 Å². The van der Waals surface area contributed by atoms with Crippen molar-refractivity contribution in [2.45, 2.75) is 53.0 Å². The predicted octanol–water partition coefficient (Wildman–Crippen LogP) is 7.56. The Balaban J connectivity index is 2.05. The summed E-state index contributed by atoms with van der Waals surface area (Å²) in [5.41, 5.74) is 11.2. The number of carbonyl (C=O) groups excluding carboxylic acids is 1. The number of nitrogen functional groups attached to an aromatic ring is 1. The lowest BCUT2D eigenvalue weighted by Gasteiger charge is -2.26. The summed E-state index contributed by atoms with van der Waals surface area (Å²) in [6, 6.07) is 13.7. The van der Waals surface area contributed by atoms with Gasteiger partial charge in [-0.25, -0.2) is 9.18 Å². The lowest BCUT2D eigenvalue weighted by Crippen LogP contribution is -2.35. The summed E-state index contributed by atoms with van der Waals surface area (Å²) >= 11 is 6.46. The third-order valence-corrected chi connectivity index (χ3v) is 6.50. The Morgan fingerprint density at radius 2 is 1.74 bits per heavy atom. The second-order valence-corrected chi connectivity index (χ2v) is 9.11. The molecule has 3 N–H and O–H groups in total. The fraction of sp³-hybridized carbons (Fsp3) is 0.321. The van der Waals surface area contributed by atoms with E-state index in [2.05, 4.69) is 19.2 Å². The maximum atomic E-state index is 14.8. The molecule has 0 atom stereocenters. The van der Waals surface area contributed by atoms with Crippen LogP contribution in [0.3, 0.4) is 0 Å². The zero-order chi connectivity index (χ0) is 25.7. The molecule has 0 heterocycles. The maximum Gasteiger partial charge on any atom is 0.326 e. The monoisotopic (exact) mass is 497 g/mol. The van der Waals surface area contributed by atoms with Crippen molar-refractivity contribution in [1.29, 1.82) is 0 Å². The summed E-state index contributed by atoms with van der Waals surface area (Å²) in [5.74, 6) is 0.314. The molecule has 35 heavy (non-hydrogen) atoms. The minimum atomic E-state index is -0.448. The summed E-state index contributed by atoms with van der Waals surface area (Å²) < 4.78 is 20.0. The first-order valence-electron chi connectivity index (χ1n) is 11.8. The van der Waals surface area contributed by atoms with Gasteiger partial charge in [0.05, 0.1) is 19.3 Å². The second-order valence-electron chi connectivity index (χ2n) is 8.71. The van der Waals surface area contributed by atoms with Crippen LogP contribution in [0.15, 0.2) is 48.5 Å². The zero-order valence-corrected chi connectivity index (χ0v) is 21.7. The lowest BCUT2D eigenvalue weighted by atomic mass is 10.0. The van der Waals surface area contributed by atoms with Gasteiger partial charge in [0.25, 0.3) is 0 Å². The third kappa shape index (κ3) is 5.88. The average Bonchev–Trinajstić information content (AvgIpc) is 2.83. The van der Waals surface area contributed by atoms with Gasteiger partial charge in [-0.05, 0) is 59.7 Å². The van der Waals surface area contributed by atoms with Crippen LogP contribution in [0.25, 0.3) is 0 Å². The van der Waals surface area contributed by atoms with Gasteiger partial charge in [-0.3, -0.25) is 4.90 Å². The summed E-state index contributed by atoms with van der Waals surface area (Å²) in [5, 5.41) is 3.54. The van der Waals surface area contributed by atoms with E-state index in [4.69, 9.17) is 22.1 Å². The molecule has 0 bridgehead atoms. The highest BCUT2D eigenvalue weighted by molar-refractivity contribution is 6.32. The number of amides is 2. The SMILES string of the molecule is CCc1c(N)cc(Cl)c(CC)c1NC(=O)N(Cc1ccc(OC)cc1F)c1ccc(C(C)C)cc1. The maximum absolute atomic E-state index is 14.8. The molecule has 0 aliphatic carbocycles. The molecule has 2 amide bonds. The van der Waals surface area contributed by atoms with Crippen LogP contribution in [-0.4, -0.2) is 13.1 Å². The Hall–Kier alpha value is -3.25. The first-order valence-corrected chi connectivity index (χ1v) is 12.2. The van der Waals surface area contributed by atoms with Crippen LogP contribution in [0, 0.1) is 5.82 Å². The largest absolute Gasteiger partial charge is 0.497 e. The molecule has 0 fully saturated rings. The van der Waals surface area contributed by atoms with Crippen molar-refractivity contribution in [3.05, 3.63) is 81.6 Å². The van der Waals surface area contributed by atoms with Gasteiger partial charge >= 0.3 is 6.03 Å². The lowest BCUT2D eigenvalue weighted by molar-refractivity contribution is 0.256. The molecular formula is C28H33ClFN3O2. The number of hydrogen-bond donors (Lipinski definition) is 2. The number of ether oxygens (including phenoxy) is 1. The van der Waals surface area contributed by atoms with Gasteiger partial charge in [-0.2, -0.15) is 0 Å². The Morgan fingerprint density at radius 3 is 2.29 bits per heavy atom. The van der Waals surface area contributed by atoms with E-state index in [1.807, 2.05) is 38.1 Å². The van der Waals surface area contributed by atoms with Gasteiger partial charge in [0, 0.05) is 28.0 Å². The van der Waals surface area contributed by atoms with Crippen molar-refractivity contribution in [2.24, 2.45) is 0 Å². The number of anilines is 3. The fourth-order valence-electron chi connectivity index (χ4n) is 4.08. The van der Waals surface area contributed by atoms with Crippen LogP contribution in [-0.2, 0) is 19.4 Å². The number of carbonyl (C=O) groups is 1. The third-order valence-electron chi connectivity index (χ3n) is 6.17. The van der Waals surface area contributed by atoms with Gasteiger partial charge in [0.1, 0.15) is 11.6 Å². The van der Waals surface area contributed by atoms with E-state index < -0.39 is 11.8 Å². The molecule has 7 heteroatoms. The molecule has 0 radical (unpaired) electrons. The zero-order valence-electron chi connectivity index (χ0n) is 20.9. The van der Waals surface area contributed by atoms with Crippen molar-refractivity contribution in [2.75, 3.05) is 23.1 Å². The first kappa shape index (κ1) is 26.4. The number of rotatable bonds is 8. The number of halogens is 2. The molecule has 3 rings (SSSR count). The molecule has 0 saturated carbocycles. The number of methoxy groups -OCH3 is 1. The van der Waals surface area contributed by atoms with Crippen molar-refractivity contribution >= 4 is 34.7 Å². The van der Waals surface area contributed by atoms with Crippen molar-refractivity contribution in [3.8, 4) is 5.75 Å². The van der Waals surface area contributed by atoms with E-state index in [-0.39, 0.29) is 6.54 Å². The normalized spacial score (nSPS) is 11.0. The van der Waals surface area contributed by atoms with Crippen LogP contribution in [0.1, 0.15) is 55.9 Å². The number of hydrogen-bond acceptors (Lipinski definition) is 3. The van der Waals surface area contributed by atoms with Crippen LogP contribution in [0.4, 0.5) is 26.2 Å². The van der Waals surface area contributed by atoms with Crippen LogP contribution < -0.4 is 20.7 Å². The van der Waals surface area contributed by atoms with Crippen molar-refractivity contribution in [3.63, 3.8) is 0 Å². The molecule has 3 aromatic rings. The van der Waals surface area contributed by atoms with E-state index in [1.54, 1.807) is 18.2 Å². The molecule has 0 unspecified atom stereocenters. The highest BCUT2D eigenvalue weighted by Gasteiger charge is 2.22. The van der Waals surface area contributed by atoms with E-state index in [9.17, 15) is 9.18 Å². The predicted molar refractivity (Wildman–Crippen MR) is 143 cm³/mol. The molecule has 0 aliphatic heterocycles. The molecule has 0 aliphatic rings. The highest BCUT2D eigenvalue weighted by Crippen LogP contribution is 2.35. The number of urea groups is 1. The smallest absolute Gasteiger partial charge is 0.326 e. The van der Waals surface area contributed by atoms with Gasteiger partial charge < -0.3 is 15.8 Å². The minimum absolute atomic E-state index is 0.0294. The number of nitrogens with zero attached hydrogens (tertiary/aromatic N) is 1. The summed E-state index contributed by atoms with van der Waals surface area (Å²) in [6.45, 7) is 8.19. The number of nitrogens with one attached hydrogen (secondary N) is 1. The summed E-state index contributed by atoms with van der Waals surface area (Å²) in [4.78, 5) is 15.2. The number of nitrogens with two attached hydrogens (primary N) is 1. The first-order chi connectivity index (χ1) is 16.7. The van der Waals surface area contributed by atoms with Crippen LogP contribution >= 0.6 is 11.6 Å². The van der Waals surface area contributed by atoms with Gasteiger partial charge in [0.15, 0.2) is 0 Å². The van der Waals surface area contributed by atoms with E-state index >= 15 is 0 Å². The Labute approximate surface area is 212 Å². The van der Waals surface area contributed by atoms with Gasteiger partial charge in [-0.1, -0.05) is 57.5 Å². The fourth-order valence-corrected chi connectivity index (χ4v) is 4.43. The summed E-state index contributed by atoms with van der Waals surface area (Å²) in [6.07, 6.45) is 1.25. The average molecular weight is 498 g/mol. The number of benzene rings is 3. The molecule has 3 aromatic carbocycles. The Morgan fingerprint density at radius 1 is 1.09 bits per heavy atom. The minimum Gasteiger partial charge on any atom is -0.497 e. The molecule has 0 spiro atoms. The molecule has 186 valence electrons. The molecule has 0 aromatic heterocycles. The quantitative estimate of drug-likeness (QED) is 0.315. The van der Waals surface area contributed by atoms with Crippen molar-refractivity contribution in [1.82, 2.24) is 0 Å². The van der Waals surface area contributed by atoms with E-state index in [0.717, 1.165) is 16.7 Å². The van der Waals surface area contributed by atoms with Crippen LogP contribution in [0.2, 0.25) is 5.02 Å². The highest BCUT2D eigenvalue weighted by atomic mass is 35.5. The molecular weight excluding hydrogens is 465 g/mol. The van der Waals surface area contributed by atoms with E-state index in [1.165, 1.54) is 18.1 Å². The molecule has 5 nitrogen and oxygen atoms in total. The van der Waals surface area contributed by atoms with Gasteiger partial charge in [0.2, 0.25) is 0 Å². The topological polar surface area (TPSA) is 67.6 Å². The second kappa shape index (κ2) is 11.5. The Kier molecular flexibility index (Phi) is 8.62. The van der Waals surface area contributed by atoms with Crippen molar-refractivity contribution < 1.29 is 13.9 Å².